The van der Waals surface area contributed by atoms with Gasteiger partial charge in [0.05, 0.1) is 22.3 Å². The molecule has 0 unspecified atom stereocenters. The van der Waals surface area contributed by atoms with Crippen LogP contribution in [0.2, 0.25) is 10.0 Å². The van der Waals surface area contributed by atoms with Gasteiger partial charge in [-0.25, -0.2) is 9.97 Å². The van der Waals surface area contributed by atoms with Crippen LogP contribution in [0.1, 0.15) is 12.6 Å². The average Bonchev–Trinajstić information content (AvgIpc) is 3.09. The maximum atomic E-state index is 13.0. The minimum atomic E-state index is -0.0212. The van der Waals surface area contributed by atoms with Crippen molar-refractivity contribution in [2.45, 2.75) is 20.4 Å². The molecule has 0 N–H and O–H groups in total. The molecule has 0 saturated carbocycles. The molecule has 1 aromatic carbocycles. The molecule has 8 nitrogen and oxygen atoms in total. The van der Waals surface area contributed by atoms with Crippen molar-refractivity contribution in [3.8, 4) is 17.3 Å². The SMILES string of the molecule is CCOc1cc(N2CCN(C(=O)Cn3nc(C)c(Cl)c3-c3ncccn3)CC2)ccc1Cl. The lowest BCUT2D eigenvalue weighted by molar-refractivity contribution is -0.132. The average molecular weight is 475 g/mol. The first-order chi connectivity index (χ1) is 15.5. The number of hydrogen-bond donors (Lipinski definition) is 0. The summed E-state index contributed by atoms with van der Waals surface area (Å²) >= 11 is 12.6. The molecule has 1 aliphatic rings. The normalized spacial score (nSPS) is 14.0. The van der Waals surface area contributed by atoms with Gasteiger partial charge >= 0.3 is 0 Å². The van der Waals surface area contributed by atoms with Crippen LogP contribution in [-0.2, 0) is 11.3 Å². The number of nitrogens with zero attached hydrogens (tertiary/aromatic N) is 6. The van der Waals surface area contributed by atoms with E-state index in [2.05, 4.69) is 20.0 Å². The summed E-state index contributed by atoms with van der Waals surface area (Å²) in [4.78, 5) is 25.6. The first-order valence-electron chi connectivity index (χ1n) is 10.4. The van der Waals surface area contributed by atoms with E-state index in [0.29, 0.717) is 65.8 Å². The molecule has 32 heavy (non-hydrogen) atoms. The summed E-state index contributed by atoms with van der Waals surface area (Å²) in [6.45, 7) is 7.01. The van der Waals surface area contributed by atoms with Crippen molar-refractivity contribution in [1.82, 2.24) is 24.6 Å². The van der Waals surface area contributed by atoms with Gasteiger partial charge in [-0.2, -0.15) is 5.10 Å². The molecule has 4 rings (SSSR count). The highest BCUT2D eigenvalue weighted by molar-refractivity contribution is 6.33. The van der Waals surface area contributed by atoms with E-state index >= 15 is 0 Å². The third kappa shape index (κ3) is 4.66. The number of hydrogen-bond acceptors (Lipinski definition) is 6. The molecule has 2 aromatic heterocycles. The Bertz CT molecular complexity index is 1100. The summed E-state index contributed by atoms with van der Waals surface area (Å²) in [5.74, 6) is 1.10. The van der Waals surface area contributed by atoms with Crippen LogP contribution in [-0.4, -0.2) is 63.3 Å². The highest BCUT2D eigenvalue weighted by atomic mass is 35.5. The number of aromatic nitrogens is 4. The molecule has 1 amide bonds. The van der Waals surface area contributed by atoms with Crippen molar-refractivity contribution in [2.75, 3.05) is 37.7 Å². The summed E-state index contributed by atoms with van der Waals surface area (Å²) < 4.78 is 7.19. The topological polar surface area (TPSA) is 76.4 Å². The summed E-state index contributed by atoms with van der Waals surface area (Å²) in [6.07, 6.45) is 3.28. The number of benzene rings is 1. The highest BCUT2D eigenvalue weighted by Crippen LogP contribution is 2.31. The van der Waals surface area contributed by atoms with Gasteiger partial charge in [0.2, 0.25) is 5.91 Å². The Morgan fingerprint density at radius 2 is 1.84 bits per heavy atom. The van der Waals surface area contributed by atoms with Crippen molar-refractivity contribution in [2.24, 2.45) is 0 Å². The monoisotopic (exact) mass is 474 g/mol. The van der Waals surface area contributed by atoms with E-state index in [1.807, 2.05) is 30.0 Å². The van der Waals surface area contributed by atoms with Crippen LogP contribution < -0.4 is 9.64 Å². The molecular formula is C22H24Cl2N6O2. The third-order valence-electron chi connectivity index (χ3n) is 5.33. The lowest BCUT2D eigenvalue weighted by Gasteiger charge is -2.36. The predicted octanol–water partition coefficient (Wildman–Crippen LogP) is 3.70. The van der Waals surface area contributed by atoms with Crippen LogP contribution in [0.25, 0.3) is 11.5 Å². The van der Waals surface area contributed by atoms with Gasteiger partial charge in [-0.3, -0.25) is 9.48 Å². The second-order valence-corrected chi connectivity index (χ2v) is 8.18. The number of aryl methyl sites for hydroxylation is 1. The van der Waals surface area contributed by atoms with Gasteiger partial charge < -0.3 is 14.5 Å². The zero-order chi connectivity index (χ0) is 22.7. The molecule has 10 heteroatoms. The molecule has 0 atom stereocenters. The molecule has 3 aromatic rings. The maximum Gasteiger partial charge on any atom is 0.244 e. The Labute approximate surface area is 196 Å². The van der Waals surface area contributed by atoms with Crippen LogP contribution in [0.3, 0.4) is 0 Å². The van der Waals surface area contributed by atoms with E-state index in [0.717, 1.165) is 5.69 Å². The molecular weight excluding hydrogens is 451 g/mol. The molecule has 0 aliphatic carbocycles. The molecule has 1 aliphatic heterocycles. The highest BCUT2D eigenvalue weighted by Gasteiger charge is 2.25. The third-order valence-corrected chi connectivity index (χ3v) is 6.09. The number of ether oxygens (including phenoxy) is 1. The van der Waals surface area contributed by atoms with E-state index in [1.165, 1.54) is 0 Å². The van der Waals surface area contributed by atoms with Gasteiger partial charge in [0.15, 0.2) is 5.82 Å². The van der Waals surface area contributed by atoms with Gasteiger partial charge in [-0.05, 0) is 32.0 Å². The quantitative estimate of drug-likeness (QED) is 0.541. The standard InChI is InChI=1S/C22H24Cl2N6O2/c1-3-32-18-13-16(5-6-17(18)23)28-9-11-29(12-10-28)19(31)14-30-21(20(24)15(2)27-30)22-25-7-4-8-26-22/h4-8,13H,3,9-12,14H2,1-2H3. The predicted molar refractivity (Wildman–Crippen MR) is 124 cm³/mol. The summed E-state index contributed by atoms with van der Waals surface area (Å²) in [6, 6.07) is 7.50. The molecule has 168 valence electrons. The second kappa shape index (κ2) is 9.75. The Morgan fingerprint density at radius 1 is 1.12 bits per heavy atom. The van der Waals surface area contributed by atoms with Crippen molar-refractivity contribution in [3.63, 3.8) is 0 Å². The zero-order valence-corrected chi connectivity index (χ0v) is 19.5. The molecule has 0 radical (unpaired) electrons. The van der Waals surface area contributed by atoms with Gasteiger partial charge in [0.1, 0.15) is 18.0 Å². The number of carbonyl (C=O) groups excluding carboxylic acids is 1. The van der Waals surface area contributed by atoms with Crippen molar-refractivity contribution >= 4 is 34.8 Å². The summed E-state index contributed by atoms with van der Waals surface area (Å²) in [7, 11) is 0. The smallest absolute Gasteiger partial charge is 0.244 e. The van der Waals surface area contributed by atoms with E-state index in [4.69, 9.17) is 27.9 Å². The van der Waals surface area contributed by atoms with Crippen LogP contribution >= 0.6 is 23.2 Å². The Kier molecular flexibility index (Phi) is 6.81. The van der Waals surface area contributed by atoms with E-state index < -0.39 is 0 Å². The Balaban J connectivity index is 1.43. The summed E-state index contributed by atoms with van der Waals surface area (Å²) in [5.41, 5.74) is 2.23. The fraction of sp³-hybridized carbons (Fsp3) is 0.364. The van der Waals surface area contributed by atoms with Crippen LogP contribution in [0.5, 0.6) is 5.75 Å². The Hall–Kier alpha value is -2.84. The fourth-order valence-corrected chi connectivity index (χ4v) is 4.10. The number of anilines is 1. The molecule has 1 saturated heterocycles. The first kappa shape index (κ1) is 22.4. The van der Waals surface area contributed by atoms with Gasteiger partial charge in [-0.15, -0.1) is 0 Å². The van der Waals surface area contributed by atoms with Gasteiger partial charge in [0.25, 0.3) is 0 Å². The molecule has 3 heterocycles. The van der Waals surface area contributed by atoms with Gasteiger partial charge in [0, 0.05) is 50.3 Å². The second-order valence-electron chi connectivity index (χ2n) is 7.39. The van der Waals surface area contributed by atoms with Crippen molar-refractivity contribution in [1.29, 1.82) is 0 Å². The molecule has 1 fully saturated rings. The Morgan fingerprint density at radius 3 is 2.53 bits per heavy atom. The van der Waals surface area contributed by atoms with Crippen LogP contribution in [0, 0.1) is 6.92 Å². The lowest BCUT2D eigenvalue weighted by Crippen LogP contribution is -2.49. The first-order valence-corrected chi connectivity index (χ1v) is 11.2. The van der Waals surface area contributed by atoms with E-state index in [-0.39, 0.29) is 12.5 Å². The van der Waals surface area contributed by atoms with E-state index in [9.17, 15) is 4.79 Å². The van der Waals surface area contributed by atoms with Crippen molar-refractivity contribution < 1.29 is 9.53 Å². The molecule has 0 spiro atoms. The minimum absolute atomic E-state index is 0.0212. The van der Waals surface area contributed by atoms with Crippen LogP contribution in [0.15, 0.2) is 36.7 Å². The number of amides is 1. The van der Waals surface area contributed by atoms with Gasteiger partial charge in [-0.1, -0.05) is 23.2 Å². The van der Waals surface area contributed by atoms with Crippen molar-refractivity contribution in [3.05, 3.63) is 52.4 Å². The minimum Gasteiger partial charge on any atom is -0.492 e. The number of rotatable bonds is 6. The molecule has 0 bridgehead atoms. The number of carbonyl (C=O) groups is 1. The number of halogens is 2. The summed E-state index contributed by atoms with van der Waals surface area (Å²) in [5, 5.41) is 5.49. The maximum absolute atomic E-state index is 13.0. The van der Waals surface area contributed by atoms with E-state index in [1.54, 1.807) is 30.1 Å². The number of piperazine rings is 1. The zero-order valence-electron chi connectivity index (χ0n) is 18.0. The van der Waals surface area contributed by atoms with Crippen LogP contribution in [0.4, 0.5) is 5.69 Å². The lowest BCUT2D eigenvalue weighted by atomic mass is 10.2. The fourth-order valence-electron chi connectivity index (χ4n) is 3.71. The largest absolute Gasteiger partial charge is 0.492 e.